The summed E-state index contributed by atoms with van der Waals surface area (Å²) in [4.78, 5) is 0. The molecule has 0 amide bonds. The van der Waals surface area contributed by atoms with E-state index in [-0.39, 0.29) is 0 Å². The summed E-state index contributed by atoms with van der Waals surface area (Å²) >= 11 is 0. The van der Waals surface area contributed by atoms with Crippen LogP contribution in [-0.2, 0) is 0 Å². The molecule has 0 aliphatic heterocycles. The summed E-state index contributed by atoms with van der Waals surface area (Å²) in [6.07, 6.45) is 0. The lowest BCUT2D eigenvalue weighted by atomic mass is 9.99. The highest BCUT2D eigenvalue weighted by Gasteiger charge is 2.23. The molecule has 14 aromatic rings. The zero-order chi connectivity index (χ0) is 43.6. The van der Waals surface area contributed by atoms with Gasteiger partial charge in [-0.2, -0.15) is 0 Å². The lowest BCUT2D eigenvalue weighted by molar-refractivity contribution is 1.17. The average molecular weight is 843 g/mol. The fraction of sp³-hybridized carbons (Fsp3) is 0.0323. The first-order valence-corrected chi connectivity index (χ1v) is 22.9. The number of para-hydroxylation sites is 5. The number of aromatic nitrogens is 4. The summed E-state index contributed by atoms with van der Waals surface area (Å²) < 4.78 is 9.85. The molecule has 66 heavy (non-hydrogen) atoms. The van der Waals surface area contributed by atoms with Crippen LogP contribution in [0.4, 0.5) is 0 Å². The third kappa shape index (κ3) is 5.15. The van der Waals surface area contributed by atoms with Crippen LogP contribution in [-0.4, -0.2) is 18.3 Å². The van der Waals surface area contributed by atoms with Crippen molar-refractivity contribution in [3.05, 3.63) is 230 Å². The zero-order valence-electron chi connectivity index (χ0n) is 36.6. The van der Waals surface area contributed by atoms with Crippen molar-refractivity contribution in [1.82, 2.24) is 18.3 Å². The van der Waals surface area contributed by atoms with E-state index < -0.39 is 0 Å². The summed E-state index contributed by atoms with van der Waals surface area (Å²) in [6, 6.07) is 80.5. The second kappa shape index (κ2) is 13.9. The second-order valence-corrected chi connectivity index (χ2v) is 17.8. The van der Waals surface area contributed by atoms with Crippen LogP contribution in [0.5, 0.6) is 0 Å². The molecule has 0 radical (unpaired) electrons. The van der Waals surface area contributed by atoms with E-state index in [1.54, 1.807) is 0 Å². The maximum Gasteiger partial charge on any atom is 0.0641 e. The molecule has 4 aromatic heterocycles. The smallest absolute Gasteiger partial charge is 0.0641 e. The molecular formula is C62H42N4. The number of nitrogens with zero attached hydrogens (tertiary/aromatic N) is 4. The first-order chi connectivity index (χ1) is 32.6. The van der Waals surface area contributed by atoms with E-state index in [1.807, 2.05) is 0 Å². The second-order valence-electron chi connectivity index (χ2n) is 17.8. The van der Waals surface area contributed by atoms with Gasteiger partial charge in [0.2, 0.25) is 0 Å². The Bertz CT molecular complexity index is 4310. The van der Waals surface area contributed by atoms with Crippen molar-refractivity contribution in [2.24, 2.45) is 0 Å². The minimum Gasteiger partial charge on any atom is -0.309 e. The fourth-order valence-electron chi connectivity index (χ4n) is 11.4. The molecule has 4 heterocycles. The van der Waals surface area contributed by atoms with Crippen molar-refractivity contribution in [3.63, 3.8) is 0 Å². The van der Waals surface area contributed by atoms with Crippen LogP contribution in [0.25, 0.3) is 121 Å². The van der Waals surface area contributed by atoms with Gasteiger partial charge in [-0.25, -0.2) is 0 Å². The van der Waals surface area contributed by atoms with Crippen LogP contribution in [0, 0.1) is 13.8 Å². The van der Waals surface area contributed by atoms with Crippen LogP contribution in [0.3, 0.4) is 0 Å². The van der Waals surface area contributed by atoms with Crippen molar-refractivity contribution >= 4 is 87.2 Å². The molecule has 0 saturated carbocycles. The number of hydrogen-bond donors (Lipinski definition) is 0. The molecule has 0 aliphatic carbocycles. The third-order valence-electron chi connectivity index (χ3n) is 14.1. The zero-order valence-corrected chi connectivity index (χ0v) is 36.6. The van der Waals surface area contributed by atoms with Crippen LogP contribution >= 0.6 is 0 Å². The van der Waals surface area contributed by atoms with Crippen molar-refractivity contribution in [2.75, 3.05) is 0 Å². The molecule has 0 spiro atoms. The van der Waals surface area contributed by atoms with Gasteiger partial charge < -0.3 is 18.3 Å². The molecule has 0 atom stereocenters. The fourth-order valence-corrected chi connectivity index (χ4v) is 11.4. The molecule has 0 bridgehead atoms. The summed E-state index contributed by atoms with van der Waals surface area (Å²) in [7, 11) is 0. The number of rotatable bonds is 5. The van der Waals surface area contributed by atoms with Gasteiger partial charge >= 0.3 is 0 Å². The van der Waals surface area contributed by atoms with Crippen LogP contribution < -0.4 is 0 Å². The maximum absolute atomic E-state index is 2.50. The highest BCUT2D eigenvalue weighted by Crippen LogP contribution is 2.45. The molecule has 4 heteroatoms. The van der Waals surface area contributed by atoms with Gasteiger partial charge in [0.15, 0.2) is 0 Å². The Kier molecular flexibility index (Phi) is 7.79. The van der Waals surface area contributed by atoms with Gasteiger partial charge in [-0.15, -0.1) is 0 Å². The van der Waals surface area contributed by atoms with E-state index in [2.05, 4.69) is 251 Å². The van der Waals surface area contributed by atoms with E-state index in [1.165, 1.54) is 115 Å². The number of benzene rings is 10. The topological polar surface area (TPSA) is 19.7 Å². The Morgan fingerprint density at radius 1 is 0.273 bits per heavy atom. The van der Waals surface area contributed by atoms with Crippen molar-refractivity contribution in [2.45, 2.75) is 13.8 Å². The number of aryl methyl sites for hydroxylation is 2. The van der Waals surface area contributed by atoms with E-state index in [0.717, 1.165) is 17.1 Å². The van der Waals surface area contributed by atoms with Crippen molar-refractivity contribution < 1.29 is 0 Å². The summed E-state index contributed by atoms with van der Waals surface area (Å²) in [5.41, 5.74) is 19.2. The largest absolute Gasteiger partial charge is 0.309 e. The normalized spacial score (nSPS) is 12.1. The molecule has 0 fully saturated rings. The first kappa shape index (κ1) is 36.8. The maximum atomic E-state index is 2.50. The Morgan fingerprint density at radius 3 is 1.29 bits per heavy atom. The first-order valence-electron chi connectivity index (χ1n) is 22.9. The summed E-state index contributed by atoms with van der Waals surface area (Å²) in [6.45, 7) is 4.44. The van der Waals surface area contributed by atoms with Gasteiger partial charge in [0.1, 0.15) is 0 Å². The highest BCUT2D eigenvalue weighted by molar-refractivity contribution is 6.27. The minimum atomic E-state index is 1.14. The van der Waals surface area contributed by atoms with Crippen LogP contribution in [0.2, 0.25) is 0 Å². The lowest BCUT2D eigenvalue weighted by Gasteiger charge is -2.15. The van der Waals surface area contributed by atoms with Crippen molar-refractivity contribution in [3.8, 4) is 33.9 Å². The quantitative estimate of drug-likeness (QED) is 0.164. The van der Waals surface area contributed by atoms with E-state index in [4.69, 9.17) is 0 Å². The predicted octanol–water partition coefficient (Wildman–Crippen LogP) is 16.4. The highest BCUT2D eigenvalue weighted by atomic mass is 15.0. The molecule has 10 aromatic carbocycles. The Hall–Kier alpha value is -8.60. The monoisotopic (exact) mass is 842 g/mol. The molecule has 0 aliphatic rings. The Morgan fingerprint density at radius 2 is 0.727 bits per heavy atom. The summed E-state index contributed by atoms with van der Waals surface area (Å²) in [5, 5.41) is 10.0. The molecule has 14 rings (SSSR count). The van der Waals surface area contributed by atoms with E-state index in [9.17, 15) is 0 Å². The van der Waals surface area contributed by atoms with Gasteiger partial charge in [-0.1, -0.05) is 133 Å². The van der Waals surface area contributed by atoms with Gasteiger partial charge in [-0.05, 0) is 121 Å². The standard InChI is InChI=1S/C62H42N4/c1-39-16-14-20-43(36-39)64-56-29-13-9-25-52(56)60-58(64)35-33-49-47-22-6-10-26-53(47)65(61(49)60)44-21-15-17-41(38-44)46-31-30-45(37-40(46)2)66-54-27-11-7-23-48(54)50-32-34-57-59(62(50)66)51-24-8-12-28-55(51)63(57)42-18-4-3-5-19-42/h3-38H,1-2H3. The average Bonchev–Trinajstić information content (AvgIpc) is 4.09. The Balaban J connectivity index is 0.974. The van der Waals surface area contributed by atoms with Gasteiger partial charge in [-0.3, -0.25) is 0 Å². The lowest BCUT2D eigenvalue weighted by Crippen LogP contribution is -1.98. The minimum absolute atomic E-state index is 1.14. The number of hydrogen-bond acceptors (Lipinski definition) is 0. The molecule has 0 unspecified atom stereocenters. The molecule has 310 valence electrons. The van der Waals surface area contributed by atoms with Crippen LogP contribution in [0.1, 0.15) is 11.1 Å². The van der Waals surface area contributed by atoms with Crippen LogP contribution in [0.15, 0.2) is 218 Å². The molecule has 0 N–H and O–H groups in total. The van der Waals surface area contributed by atoms with Crippen molar-refractivity contribution in [1.29, 1.82) is 0 Å². The Labute approximate surface area is 381 Å². The molecule has 0 saturated heterocycles. The number of fused-ring (bicyclic) bond motifs is 14. The van der Waals surface area contributed by atoms with Gasteiger partial charge in [0.05, 0.1) is 44.1 Å². The molecular weight excluding hydrogens is 801 g/mol. The van der Waals surface area contributed by atoms with E-state index in [0.29, 0.717) is 0 Å². The summed E-state index contributed by atoms with van der Waals surface area (Å²) in [5.74, 6) is 0. The van der Waals surface area contributed by atoms with Gasteiger partial charge in [0, 0.05) is 65.8 Å². The van der Waals surface area contributed by atoms with Gasteiger partial charge in [0.25, 0.3) is 0 Å². The molecule has 4 nitrogen and oxygen atoms in total. The SMILES string of the molecule is Cc1cccc(-n2c3ccccc3c3c2ccc2c4ccccc4n(-c4cccc(-c5ccc(-n6c7ccccc7c7ccc8c(c9ccccc9n8-c8ccccc8)c76)cc5C)c4)c23)c1. The third-order valence-corrected chi connectivity index (χ3v) is 14.1. The predicted molar refractivity (Wildman–Crippen MR) is 279 cm³/mol. The van der Waals surface area contributed by atoms with E-state index >= 15 is 0 Å².